The van der Waals surface area contributed by atoms with Gasteiger partial charge in [-0.15, -0.1) is 0 Å². The van der Waals surface area contributed by atoms with Crippen molar-refractivity contribution >= 4 is 55.3 Å². The van der Waals surface area contributed by atoms with E-state index in [0.29, 0.717) is 39.1 Å². The minimum atomic E-state index is -4.32. The number of aromatic nitrogens is 1. The van der Waals surface area contributed by atoms with Crippen LogP contribution in [0.4, 0.5) is 22.7 Å². The molecule has 0 saturated carbocycles. The third-order valence-electron chi connectivity index (χ3n) is 6.62. The number of aromatic hydroxyl groups is 1. The van der Waals surface area contributed by atoms with Crippen LogP contribution in [-0.4, -0.2) is 42.1 Å². The van der Waals surface area contributed by atoms with Gasteiger partial charge in [0.05, 0.1) is 21.9 Å². The first-order chi connectivity index (χ1) is 20.0. The lowest BCUT2D eigenvalue weighted by atomic mass is 10.0. The number of hydrogen-bond acceptors (Lipinski definition) is 7. The Kier molecular flexibility index (Phi) is 7.47. The molecule has 0 saturated heterocycles. The highest BCUT2D eigenvalue weighted by molar-refractivity contribution is 7.92. The monoisotopic (exact) mass is 583 g/mol. The highest BCUT2D eigenvalue weighted by atomic mass is 32.2. The molecule has 212 valence electrons. The molecule has 1 heterocycles. The number of aromatic amines is 1. The van der Waals surface area contributed by atoms with Gasteiger partial charge in [0.2, 0.25) is 5.91 Å². The summed E-state index contributed by atoms with van der Waals surface area (Å²) in [5.74, 6) is -0.299. The lowest BCUT2D eigenvalue weighted by molar-refractivity contribution is -0.387. The van der Waals surface area contributed by atoms with Crippen molar-refractivity contribution in [3.8, 4) is 5.88 Å². The van der Waals surface area contributed by atoms with Crippen LogP contribution in [-0.2, 0) is 14.8 Å². The van der Waals surface area contributed by atoms with Gasteiger partial charge in [-0.3, -0.25) is 19.6 Å². The molecule has 0 aliphatic rings. The molecule has 0 atom stereocenters. The zero-order valence-electron chi connectivity index (χ0n) is 22.5. The third kappa shape index (κ3) is 5.56. The van der Waals surface area contributed by atoms with E-state index in [-0.39, 0.29) is 17.5 Å². The van der Waals surface area contributed by atoms with Crippen LogP contribution in [0.15, 0.2) is 107 Å². The van der Waals surface area contributed by atoms with Crippen LogP contribution in [0.1, 0.15) is 18.1 Å². The van der Waals surface area contributed by atoms with E-state index in [9.17, 15) is 28.4 Å². The van der Waals surface area contributed by atoms with Gasteiger partial charge in [-0.05, 0) is 48.5 Å². The molecule has 0 spiro atoms. The molecular weight excluding hydrogens is 558 g/mol. The number of carbonyl (C=O) groups is 1. The molecule has 11 nitrogen and oxygen atoms in total. The van der Waals surface area contributed by atoms with Crippen molar-refractivity contribution in [3.05, 3.63) is 118 Å². The number of aliphatic imine (C=N–C) groups is 1. The number of hydrogen-bond donors (Lipinski definition) is 3. The maximum atomic E-state index is 13.1. The number of nitrogens with zero attached hydrogens (tertiary/aromatic N) is 3. The van der Waals surface area contributed by atoms with E-state index in [2.05, 4.69) is 9.71 Å². The summed E-state index contributed by atoms with van der Waals surface area (Å²) in [6.07, 6.45) is 0. The molecule has 42 heavy (non-hydrogen) atoms. The lowest BCUT2D eigenvalue weighted by Crippen LogP contribution is -2.22. The minimum absolute atomic E-state index is 0.117. The molecular formula is C30H25N5O6S. The number of nitro benzene ring substituents is 1. The van der Waals surface area contributed by atoms with E-state index >= 15 is 0 Å². The second kappa shape index (κ2) is 11.2. The van der Waals surface area contributed by atoms with Crippen LogP contribution < -0.4 is 9.62 Å². The molecule has 0 aliphatic heterocycles. The average Bonchev–Trinajstić information content (AvgIpc) is 3.30. The summed E-state index contributed by atoms with van der Waals surface area (Å²) in [5.41, 5.74) is 2.75. The zero-order chi connectivity index (χ0) is 30.0. The van der Waals surface area contributed by atoms with Gasteiger partial charge < -0.3 is 15.0 Å². The molecule has 0 radical (unpaired) electrons. The fraction of sp³-hybridized carbons (Fsp3) is 0.0667. The van der Waals surface area contributed by atoms with E-state index < -0.39 is 25.5 Å². The van der Waals surface area contributed by atoms with Crippen LogP contribution in [0, 0.1) is 10.1 Å². The van der Waals surface area contributed by atoms with Crippen molar-refractivity contribution in [1.82, 2.24) is 4.98 Å². The number of nitrogens with one attached hydrogen (secondary N) is 2. The standard InChI is InChI=1S/C30H25N5O6S/c1-19(36)34(2)23-15-12-21(13-16-23)31-29(20-8-4-3-5-9-20)28-24-18-22(14-17-25(24)32-30(28)37)33-42(40,41)27-11-7-6-10-26(27)35(38)39/h3-18,32-33,37H,1-2H3. The molecule has 5 aromatic rings. The Morgan fingerprint density at radius 2 is 1.64 bits per heavy atom. The Morgan fingerprint density at radius 3 is 2.31 bits per heavy atom. The van der Waals surface area contributed by atoms with Crippen molar-refractivity contribution in [2.75, 3.05) is 16.7 Å². The largest absolute Gasteiger partial charge is 0.494 e. The molecule has 3 N–H and O–H groups in total. The van der Waals surface area contributed by atoms with Crippen molar-refractivity contribution in [1.29, 1.82) is 0 Å². The number of fused-ring (bicyclic) bond motifs is 1. The Labute approximate surface area is 241 Å². The number of nitro groups is 1. The van der Waals surface area contributed by atoms with Gasteiger partial charge in [0.25, 0.3) is 15.7 Å². The summed E-state index contributed by atoms with van der Waals surface area (Å²) in [5, 5.41) is 22.9. The van der Waals surface area contributed by atoms with E-state index in [0.717, 1.165) is 12.1 Å². The van der Waals surface area contributed by atoms with Crippen LogP contribution in [0.2, 0.25) is 0 Å². The number of sulfonamides is 1. The first-order valence-electron chi connectivity index (χ1n) is 12.6. The summed E-state index contributed by atoms with van der Waals surface area (Å²) in [4.78, 5) is 31.2. The number of H-pyrrole nitrogens is 1. The fourth-order valence-electron chi connectivity index (χ4n) is 4.45. The van der Waals surface area contributed by atoms with Gasteiger partial charge in [0, 0.05) is 47.9 Å². The molecule has 1 aromatic heterocycles. The van der Waals surface area contributed by atoms with Gasteiger partial charge in [-0.2, -0.15) is 0 Å². The summed E-state index contributed by atoms with van der Waals surface area (Å²) >= 11 is 0. The molecule has 12 heteroatoms. The number of para-hydroxylation sites is 1. The minimum Gasteiger partial charge on any atom is -0.494 e. The smallest absolute Gasteiger partial charge is 0.289 e. The Morgan fingerprint density at radius 1 is 0.976 bits per heavy atom. The topological polar surface area (TPSA) is 158 Å². The highest BCUT2D eigenvalue weighted by Crippen LogP contribution is 2.34. The summed E-state index contributed by atoms with van der Waals surface area (Å²) in [7, 11) is -2.66. The number of amides is 1. The first-order valence-corrected chi connectivity index (χ1v) is 14.1. The molecule has 1 amide bonds. The first kappa shape index (κ1) is 28.1. The van der Waals surface area contributed by atoms with Crippen LogP contribution >= 0.6 is 0 Å². The number of carbonyl (C=O) groups excluding carboxylic acids is 1. The maximum absolute atomic E-state index is 13.1. The zero-order valence-corrected chi connectivity index (χ0v) is 23.3. The van der Waals surface area contributed by atoms with E-state index in [1.165, 1.54) is 36.1 Å². The van der Waals surface area contributed by atoms with Gasteiger partial charge in [0.1, 0.15) is 0 Å². The normalized spacial score (nSPS) is 11.8. The van der Waals surface area contributed by atoms with Gasteiger partial charge in [-0.25, -0.2) is 13.4 Å². The molecule has 4 aromatic carbocycles. The van der Waals surface area contributed by atoms with Crippen LogP contribution in [0.5, 0.6) is 5.88 Å². The predicted molar refractivity (Wildman–Crippen MR) is 161 cm³/mol. The highest BCUT2D eigenvalue weighted by Gasteiger charge is 2.26. The third-order valence-corrected chi connectivity index (χ3v) is 8.05. The van der Waals surface area contributed by atoms with Crippen LogP contribution in [0.3, 0.4) is 0 Å². The quantitative estimate of drug-likeness (QED) is 0.120. The number of rotatable bonds is 8. The Balaban J connectivity index is 1.61. The van der Waals surface area contributed by atoms with E-state index in [1.807, 2.05) is 30.3 Å². The average molecular weight is 584 g/mol. The summed E-state index contributed by atoms with van der Waals surface area (Å²) in [6.45, 7) is 1.47. The molecule has 0 fully saturated rings. The fourth-order valence-corrected chi connectivity index (χ4v) is 5.67. The molecule has 0 unspecified atom stereocenters. The lowest BCUT2D eigenvalue weighted by Gasteiger charge is -2.15. The van der Waals surface area contributed by atoms with Crippen molar-refractivity contribution in [2.45, 2.75) is 11.8 Å². The van der Waals surface area contributed by atoms with Crippen molar-refractivity contribution < 1.29 is 23.2 Å². The number of anilines is 2. The Bertz CT molecular complexity index is 1950. The van der Waals surface area contributed by atoms with E-state index in [4.69, 9.17) is 4.99 Å². The van der Waals surface area contributed by atoms with Gasteiger partial charge >= 0.3 is 0 Å². The summed E-state index contributed by atoms with van der Waals surface area (Å²) < 4.78 is 28.7. The molecule has 0 aliphatic carbocycles. The van der Waals surface area contributed by atoms with Crippen molar-refractivity contribution in [2.24, 2.45) is 4.99 Å². The SMILES string of the molecule is CC(=O)N(C)c1ccc(N=C(c2ccccc2)c2c(O)[nH]c3ccc(NS(=O)(=O)c4ccccc4[N+](=O)[O-])cc23)cc1. The van der Waals surface area contributed by atoms with Gasteiger partial charge in [-0.1, -0.05) is 42.5 Å². The number of benzene rings is 4. The second-order valence-corrected chi connectivity index (χ2v) is 11.0. The summed E-state index contributed by atoms with van der Waals surface area (Å²) in [6, 6.07) is 25.8. The maximum Gasteiger partial charge on any atom is 0.289 e. The predicted octanol–water partition coefficient (Wildman–Crippen LogP) is 5.73. The molecule has 5 rings (SSSR count). The second-order valence-electron chi connectivity index (χ2n) is 9.36. The van der Waals surface area contributed by atoms with E-state index in [1.54, 1.807) is 37.4 Å². The van der Waals surface area contributed by atoms with Crippen LogP contribution in [0.25, 0.3) is 10.9 Å². The van der Waals surface area contributed by atoms with Crippen molar-refractivity contribution in [3.63, 3.8) is 0 Å². The molecule has 0 bridgehead atoms. The Hall–Kier alpha value is -5.49. The van der Waals surface area contributed by atoms with Gasteiger partial charge in [0.15, 0.2) is 10.8 Å².